The van der Waals surface area contributed by atoms with Gasteiger partial charge in [-0.15, -0.1) is 6.58 Å². The number of ether oxygens (including phenoxy) is 1. The summed E-state index contributed by atoms with van der Waals surface area (Å²) in [6.07, 6.45) is 4.22. The average molecular weight is 403 g/mol. The zero-order valence-electron chi connectivity index (χ0n) is 17.4. The Balaban J connectivity index is 1.88. The van der Waals surface area contributed by atoms with E-state index in [-0.39, 0.29) is 18.6 Å². The van der Waals surface area contributed by atoms with Gasteiger partial charge >= 0.3 is 6.09 Å². The normalized spacial score (nSPS) is 16.7. The first-order valence-electron chi connectivity index (χ1n) is 10.3. The van der Waals surface area contributed by atoms with Crippen LogP contribution in [0.25, 0.3) is 0 Å². The van der Waals surface area contributed by atoms with Crippen molar-refractivity contribution in [1.29, 1.82) is 0 Å². The zero-order valence-corrected chi connectivity index (χ0v) is 17.4. The van der Waals surface area contributed by atoms with Gasteiger partial charge < -0.3 is 25.6 Å². The second-order valence-electron chi connectivity index (χ2n) is 7.57. The Bertz CT molecular complexity index is 645. The summed E-state index contributed by atoms with van der Waals surface area (Å²) in [5, 5.41) is 2.78. The Hall–Kier alpha value is -2.38. The van der Waals surface area contributed by atoms with Crippen LogP contribution in [0, 0.1) is 0 Å². The Kier molecular flexibility index (Phi) is 9.67. The number of carbonyl (C=O) groups excluding carboxylic acids is 2. The van der Waals surface area contributed by atoms with Crippen LogP contribution in [0.5, 0.6) is 0 Å². The number of amides is 2. The van der Waals surface area contributed by atoms with E-state index in [1.807, 2.05) is 42.3 Å². The number of hydrogen-bond donors (Lipinski definition) is 2. The Morgan fingerprint density at radius 1 is 1.17 bits per heavy atom. The molecule has 1 fully saturated rings. The second kappa shape index (κ2) is 12.2. The molecule has 2 amide bonds. The standard InChI is InChI=1S/C22H34N4O3/c1-3-19(23)11-7-8-12-20(21(27)26-15-13-25(2)14-16-26)24-22(28)29-17-18-9-5-4-6-10-18/h3-6,9-10,19-20H,1,7-8,11-17,23H2,2H3,(H,24,28)/t19?,20-/m0/s1. The van der Waals surface area contributed by atoms with Crippen molar-refractivity contribution in [2.75, 3.05) is 33.2 Å². The number of piperazine rings is 1. The fourth-order valence-electron chi connectivity index (χ4n) is 3.26. The van der Waals surface area contributed by atoms with E-state index in [2.05, 4.69) is 16.8 Å². The van der Waals surface area contributed by atoms with E-state index in [1.165, 1.54) is 0 Å². The first kappa shape index (κ1) is 22.9. The SMILES string of the molecule is C=CC(N)CCCC[C@H](NC(=O)OCc1ccccc1)C(=O)N1CCN(C)CC1. The van der Waals surface area contributed by atoms with Crippen LogP contribution in [-0.4, -0.2) is 67.1 Å². The minimum Gasteiger partial charge on any atom is -0.445 e. The first-order chi connectivity index (χ1) is 14.0. The summed E-state index contributed by atoms with van der Waals surface area (Å²) in [7, 11) is 2.04. The van der Waals surface area contributed by atoms with Crippen molar-refractivity contribution in [1.82, 2.24) is 15.1 Å². The van der Waals surface area contributed by atoms with Crippen LogP contribution >= 0.6 is 0 Å². The van der Waals surface area contributed by atoms with Crippen molar-refractivity contribution < 1.29 is 14.3 Å². The Morgan fingerprint density at radius 3 is 2.48 bits per heavy atom. The highest BCUT2D eigenvalue weighted by Gasteiger charge is 2.28. The zero-order chi connectivity index (χ0) is 21.1. The number of benzene rings is 1. The molecule has 0 aliphatic carbocycles. The van der Waals surface area contributed by atoms with Gasteiger partial charge in [0.05, 0.1) is 0 Å². The third-order valence-corrected chi connectivity index (χ3v) is 5.20. The molecule has 29 heavy (non-hydrogen) atoms. The van der Waals surface area contributed by atoms with Crippen LogP contribution in [0.3, 0.4) is 0 Å². The summed E-state index contributed by atoms with van der Waals surface area (Å²) >= 11 is 0. The molecular formula is C22H34N4O3. The van der Waals surface area contributed by atoms with Crippen molar-refractivity contribution in [3.63, 3.8) is 0 Å². The lowest BCUT2D eigenvalue weighted by Crippen LogP contribution is -2.54. The molecule has 160 valence electrons. The van der Waals surface area contributed by atoms with Gasteiger partial charge in [0.2, 0.25) is 5.91 Å². The minimum atomic E-state index is -0.582. The van der Waals surface area contributed by atoms with Crippen molar-refractivity contribution in [2.45, 2.75) is 44.4 Å². The molecular weight excluding hydrogens is 368 g/mol. The molecule has 3 N–H and O–H groups in total. The monoisotopic (exact) mass is 402 g/mol. The van der Waals surface area contributed by atoms with Gasteiger partial charge in [0.25, 0.3) is 0 Å². The van der Waals surface area contributed by atoms with Crippen LogP contribution in [0.2, 0.25) is 0 Å². The molecule has 0 bridgehead atoms. The smallest absolute Gasteiger partial charge is 0.408 e. The molecule has 2 rings (SSSR count). The number of carbonyl (C=O) groups is 2. The molecule has 0 saturated carbocycles. The van der Waals surface area contributed by atoms with Gasteiger partial charge in [0.1, 0.15) is 12.6 Å². The number of alkyl carbamates (subject to hydrolysis) is 1. The molecule has 1 heterocycles. The number of likely N-dealkylation sites (N-methyl/N-ethyl adjacent to an activating group) is 1. The van der Waals surface area contributed by atoms with Crippen LogP contribution in [-0.2, 0) is 16.1 Å². The van der Waals surface area contributed by atoms with Gasteiger partial charge in [0, 0.05) is 32.2 Å². The molecule has 2 atom stereocenters. The van der Waals surface area contributed by atoms with Gasteiger partial charge in [-0.2, -0.15) is 0 Å². The van der Waals surface area contributed by atoms with Crippen LogP contribution in [0.15, 0.2) is 43.0 Å². The summed E-state index contributed by atoms with van der Waals surface area (Å²) in [6, 6.07) is 8.86. The fraction of sp³-hybridized carbons (Fsp3) is 0.545. The summed E-state index contributed by atoms with van der Waals surface area (Å²) in [6.45, 7) is 6.89. The van der Waals surface area contributed by atoms with Gasteiger partial charge in [0.15, 0.2) is 0 Å². The number of rotatable bonds is 10. The number of nitrogens with one attached hydrogen (secondary N) is 1. The van der Waals surface area contributed by atoms with Crippen molar-refractivity contribution in [3.8, 4) is 0 Å². The maximum atomic E-state index is 13.0. The molecule has 0 spiro atoms. The Morgan fingerprint density at radius 2 is 1.83 bits per heavy atom. The lowest BCUT2D eigenvalue weighted by atomic mass is 10.0. The molecule has 1 unspecified atom stereocenters. The van der Waals surface area contributed by atoms with E-state index >= 15 is 0 Å². The van der Waals surface area contributed by atoms with E-state index in [0.717, 1.165) is 37.9 Å². The summed E-state index contributed by atoms with van der Waals surface area (Å²) < 4.78 is 5.31. The van der Waals surface area contributed by atoms with Gasteiger partial charge in [-0.1, -0.05) is 49.2 Å². The lowest BCUT2D eigenvalue weighted by molar-refractivity contribution is -0.135. The lowest BCUT2D eigenvalue weighted by Gasteiger charge is -2.34. The maximum Gasteiger partial charge on any atom is 0.408 e. The average Bonchev–Trinajstić information content (AvgIpc) is 2.75. The molecule has 7 heteroatoms. The molecule has 1 aliphatic rings. The van der Waals surface area contributed by atoms with E-state index in [1.54, 1.807) is 6.08 Å². The first-order valence-corrected chi connectivity index (χ1v) is 10.3. The maximum absolute atomic E-state index is 13.0. The molecule has 1 aliphatic heterocycles. The van der Waals surface area contributed by atoms with E-state index in [9.17, 15) is 9.59 Å². The quantitative estimate of drug-likeness (QED) is 0.462. The second-order valence-corrected chi connectivity index (χ2v) is 7.57. The number of nitrogens with zero attached hydrogens (tertiary/aromatic N) is 2. The van der Waals surface area contributed by atoms with Crippen molar-refractivity contribution in [3.05, 3.63) is 48.6 Å². The summed E-state index contributed by atoms with van der Waals surface area (Å²) in [4.78, 5) is 29.3. The van der Waals surface area contributed by atoms with Crippen LogP contribution < -0.4 is 11.1 Å². The highest BCUT2D eigenvalue weighted by Crippen LogP contribution is 2.11. The topological polar surface area (TPSA) is 87.9 Å². The van der Waals surface area contributed by atoms with Crippen LogP contribution in [0.1, 0.15) is 31.2 Å². The number of nitrogens with two attached hydrogens (primary N) is 1. The molecule has 0 aromatic heterocycles. The van der Waals surface area contributed by atoms with Crippen molar-refractivity contribution >= 4 is 12.0 Å². The van der Waals surface area contributed by atoms with Gasteiger partial charge in [-0.3, -0.25) is 4.79 Å². The highest BCUT2D eigenvalue weighted by molar-refractivity contribution is 5.85. The van der Waals surface area contributed by atoms with E-state index in [0.29, 0.717) is 19.5 Å². The number of hydrogen-bond acceptors (Lipinski definition) is 5. The third kappa shape index (κ3) is 8.25. The predicted octanol–water partition coefficient (Wildman–Crippen LogP) is 2.13. The van der Waals surface area contributed by atoms with E-state index in [4.69, 9.17) is 10.5 Å². The third-order valence-electron chi connectivity index (χ3n) is 5.20. The summed E-state index contributed by atoms with van der Waals surface area (Å²) in [5.74, 6) is -0.0391. The molecule has 1 saturated heterocycles. The van der Waals surface area contributed by atoms with Gasteiger partial charge in [-0.25, -0.2) is 4.79 Å². The number of unbranched alkanes of at least 4 members (excludes halogenated alkanes) is 1. The Labute approximate surface area is 173 Å². The van der Waals surface area contributed by atoms with Gasteiger partial charge in [-0.05, 0) is 25.5 Å². The van der Waals surface area contributed by atoms with E-state index < -0.39 is 12.1 Å². The fourth-order valence-corrected chi connectivity index (χ4v) is 3.26. The molecule has 1 aromatic rings. The minimum absolute atomic E-state index is 0.0365. The molecule has 1 aromatic carbocycles. The summed E-state index contributed by atoms with van der Waals surface area (Å²) in [5.41, 5.74) is 6.77. The van der Waals surface area contributed by atoms with Crippen LogP contribution in [0.4, 0.5) is 4.79 Å². The predicted molar refractivity (Wildman–Crippen MR) is 114 cm³/mol. The highest BCUT2D eigenvalue weighted by atomic mass is 16.5. The van der Waals surface area contributed by atoms with Crippen molar-refractivity contribution in [2.24, 2.45) is 5.73 Å². The largest absolute Gasteiger partial charge is 0.445 e. The molecule has 0 radical (unpaired) electrons. The molecule has 7 nitrogen and oxygen atoms in total.